The molecule has 3 N–H and O–H groups in total. The van der Waals surface area contributed by atoms with Crippen molar-refractivity contribution in [3.05, 3.63) is 72.4 Å². The number of azo groups is 1. The van der Waals surface area contributed by atoms with Crippen molar-refractivity contribution < 1.29 is 23.4 Å². The molecule has 0 amide bonds. The van der Waals surface area contributed by atoms with Crippen LogP contribution in [0.15, 0.2) is 82.0 Å². The van der Waals surface area contributed by atoms with E-state index >= 15 is 0 Å². The molecule has 2 aromatic carbocycles. The summed E-state index contributed by atoms with van der Waals surface area (Å²) in [5.41, 5.74) is 0.295. The zero-order valence-corrected chi connectivity index (χ0v) is 27.8. The Bertz CT molecular complexity index is 1320. The number of phenols is 1. The van der Waals surface area contributed by atoms with E-state index in [4.69, 9.17) is 5.11 Å². The maximum Gasteiger partial charge on any atom is 0.339 e. The predicted molar refractivity (Wildman–Crippen MR) is 166 cm³/mol. The van der Waals surface area contributed by atoms with Crippen LogP contribution < -0.4 is 4.72 Å². The van der Waals surface area contributed by atoms with Crippen LogP contribution in [0.5, 0.6) is 5.75 Å². The van der Waals surface area contributed by atoms with E-state index in [1.807, 2.05) is 0 Å². The first kappa shape index (κ1) is 34.2. The third-order valence-electron chi connectivity index (χ3n) is 6.19. The summed E-state index contributed by atoms with van der Waals surface area (Å²) in [6, 6.07) is 14.3. The molecule has 221 valence electrons. The number of anilines is 1. The first-order chi connectivity index (χ1) is 19.7. The van der Waals surface area contributed by atoms with Gasteiger partial charge in [-0.2, -0.15) is 10.2 Å². The summed E-state index contributed by atoms with van der Waals surface area (Å²) in [6.07, 6.45) is 10.3. The third-order valence-corrected chi connectivity index (χ3v) is 16.6. The van der Waals surface area contributed by atoms with Crippen molar-refractivity contribution in [2.45, 2.75) is 77.5 Å². The molecule has 0 fully saturated rings. The van der Waals surface area contributed by atoms with Crippen molar-refractivity contribution >= 4 is 52.9 Å². The Labute approximate surface area is 251 Å². The molecule has 1 radical (unpaired) electrons. The number of sulfonamides is 1. The summed E-state index contributed by atoms with van der Waals surface area (Å²) in [5.74, 6) is -1.46. The number of aromatic carboxylic acids is 1. The minimum atomic E-state index is -3.79. The Morgan fingerprint density at radius 1 is 0.854 bits per heavy atom. The van der Waals surface area contributed by atoms with Crippen LogP contribution in [0, 0.1) is 0 Å². The maximum absolute atomic E-state index is 12.3. The SMILES string of the molecule is CCC[CH2][Sn]([CH2]CCC)[CH2]CCC.O=C(O)c1cc(N=Nc2ccc(S(=O)(=O)Nc3ccccn3)cc2)ccc1O. The molecule has 3 aromatic rings. The van der Waals surface area contributed by atoms with Crippen LogP contribution in [0.25, 0.3) is 0 Å². The summed E-state index contributed by atoms with van der Waals surface area (Å²) < 4.78 is 32.1. The standard InChI is InChI=1S/C18H14N4O5S.3C4H9.Sn/c23-16-9-6-13(11-15(16)18(24)25)21-20-12-4-7-14(8-5-12)28(26,27)22-17-3-1-2-10-19-17;3*1-3-4-2;/h1-11,23H,(H,19,22)(H,24,25);3*1,3-4H2,2H3;. The zero-order chi connectivity index (χ0) is 30.1. The van der Waals surface area contributed by atoms with Gasteiger partial charge in [-0.3, -0.25) is 4.72 Å². The fourth-order valence-corrected chi connectivity index (χ4v) is 14.3. The summed E-state index contributed by atoms with van der Waals surface area (Å²) in [5, 5.41) is 26.3. The molecular formula is C30H41N4O5SSn. The summed E-state index contributed by atoms with van der Waals surface area (Å²) in [6.45, 7) is 7.00. The molecule has 0 unspecified atom stereocenters. The number of aromatic hydroxyl groups is 1. The van der Waals surface area contributed by atoms with Gasteiger partial charge in [0, 0.05) is 6.20 Å². The van der Waals surface area contributed by atoms with Crippen molar-refractivity contribution in [3.63, 3.8) is 0 Å². The Morgan fingerprint density at radius 2 is 1.41 bits per heavy atom. The average molecular weight is 688 g/mol. The smallest absolute Gasteiger partial charge is 0.339 e. The van der Waals surface area contributed by atoms with Gasteiger partial charge in [0.1, 0.15) is 17.1 Å². The van der Waals surface area contributed by atoms with E-state index in [0.717, 1.165) is 0 Å². The minimum absolute atomic E-state index is 0.0231. The molecule has 0 saturated heterocycles. The molecule has 0 spiro atoms. The van der Waals surface area contributed by atoms with Gasteiger partial charge in [-0.05, 0) is 54.6 Å². The van der Waals surface area contributed by atoms with Gasteiger partial charge in [0.15, 0.2) is 0 Å². The number of hydrogen-bond donors (Lipinski definition) is 3. The number of hydrogen-bond acceptors (Lipinski definition) is 7. The number of unbranched alkanes of at least 4 members (excludes halogenated alkanes) is 3. The van der Waals surface area contributed by atoms with Crippen molar-refractivity contribution in [1.29, 1.82) is 0 Å². The van der Waals surface area contributed by atoms with Gasteiger partial charge in [0.05, 0.1) is 16.3 Å². The average Bonchev–Trinajstić information content (AvgIpc) is 2.97. The number of carboxylic acids is 1. The molecule has 0 aliphatic carbocycles. The van der Waals surface area contributed by atoms with E-state index in [9.17, 15) is 18.3 Å². The van der Waals surface area contributed by atoms with Crippen LogP contribution in [-0.2, 0) is 10.0 Å². The van der Waals surface area contributed by atoms with Crippen molar-refractivity contribution in [3.8, 4) is 5.75 Å². The molecule has 0 aliphatic rings. The van der Waals surface area contributed by atoms with Gasteiger partial charge >= 0.3 is 98.3 Å². The second-order valence-electron chi connectivity index (χ2n) is 9.58. The molecule has 41 heavy (non-hydrogen) atoms. The van der Waals surface area contributed by atoms with Gasteiger partial charge in [-0.1, -0.05) is 6.07 Å². The first-order valence-electron chi connectivity index (χ1n) is 14.1. The van der Waals surface area contributed by atoms with Crippen LogP contribution >= 0.6 is 0 Å². The van der Waals surface area contributed by atoms with Crippen molar-refractivity contribution in [2.24, 2.45) is 10.2 Å². The number of benzene rings is 2. The molecule has 3 rings (SSSR count). The fourth-order valence-electron chi connectivity index (χ4n) is 3.84. The van der Waals surface area contributed by atoms with Crippen LogP contribution in [0.3, 0.4) is 0 Å². The van der Waals surface area contributed by atoms with Crippen molar-refractivity contribution in [1.82, 2.24) is 4.98 Å². The largest absolute Gasteiger partial charge is 0.507 e. The van der Waals surface area contributed by atoms with Gasteiger partial charge in [-0.15, -0.1) is 0 Å². The molecule has 1 heterocycles. The van der Waals surface area contributed by atoms with Gasteiger partial charge in [0.25, 0.3) is 10.0 Å². The maximum atomic E-state index is 12.3. The number of aromatic nitrogens is 1. The Kier molecular flexibility index (Phi) is 15.4. The van der Waals surface area contributed by atoms with Crippen LogP contribution in [0.1, 0.15) is 69.7 Å². The van der Waals surface area contributed by atoms with Crippen molar-refractivity contribution in [2.75, 3.05) is 4.72 Å². The number of pyridine rings is 1. The fraction of sp³-hybridized carbons (Fsp3) is 0.400. The normalized spacial score (nSPS) is 11.3. The van der Waals surface area contributed by atoms with E-state index in [-0.39, 0.29) is 27.7 Å². The van der Waals surface area contributed by atoms with Crippen LogP contribution in [-0.4, -0.2) is 49.3 Å². The number of carboxylic acid groups (broad SMARTS) is 1. The van der Waals surface area contributed by atoms with E-state index in [0.29, 0.717) is 5.69 Å². The summed E-state index contributed by atoms with van der Waals surface area (Å²) in [4.78, 5) is 14.9. The molecule has 1 aromatic heterocycles. The Hall–Kier alpha value is -2.99. The van der Waals surface area contributed by atoms with E-state index in [2.05, 4.69) is 40.7 Å². The molecule has 0 aliphatic heterocycles. The first-order valence-corrected chi connectivity index (χ1v) is 21.6. The monoisotopic (exact) mass is 689 g/mol. The minimum Gasteiger partial charge on any atom is -0.507 e. The van der Waals surface area contributed by atoms with E-state index in [1.165, 1.54) is 93.3 Å². The summed E-state index contributed by atoms with van der Waals surface area (Å²) in [7, 11) is -3.79. The van der Waals surface area contributed by atoms with E-state index < -0.39 is 35.8 Å². The topological polar surface area (TPSA) is 141 Å². The van der Waals surface area contributed by atoms with E-state index in [1.54, 1.807) is 25.4 Å². The molecule has 11 heteroatoms. The molecular weight excluding hydrogens is 647 g/mol. The Morgan fingerprint density at radius 3 is 1.93 bits per heavy atom. The van der Waals surface area contributed by atoms with Crippen LogP contribution in [0.2, 0.25) is 13.3 Å². The number of carbonyl (C=O) groups is 1. The molecule has 0 atom stereocenters. The molecule has 9 nitrogen and oxygen atoms in total. The molecule has 0 saturated carbocycles. The Balaban J connectivity index is 0.000000383. The second-order valence-corrected chi connectivity index (χ2v) is 19.8. The number of nitrogens with zero attached hydrogens (tertiary/aromatic N) is 3. The third kappa shape index (κ3) is 12.6. The van der Waals surface area contributed by atoms with Gasteiger partial charge in [-0.25, -0.2) is 18.2 Å². The predicted octanol–water partition coefficient (Wildman–Crippen LogP) is 8.58. The van der Waals surface area contributed by atoms with Crippen LogP contribution in [0.4, 0.5) is 17.2 Å². The molecule has 0 bridgehead atoms. The van der Waals surface area contributed by atoms with Gasteiger partial charge in [0.2, 0.25) is 0 Å². The summed E-state index contributed by atoms with van der Waals surface area (Å²) >= 11 is -0.839. The quantitative estimate of drug-likeness (QED) is 0.108. The number of rotatable bonds is 15. The zero-order valence-electron chi connectivity index (χ0n) is 24.1. The second kappa shape index (κ2) is 18.4. The number of nitrogens with one attached hydrogen (secondary N) is 1. The van der Waals surface area contributed by atoms with Gasteiger partial charge < -0.3 is 10.2 Å².